The van der Waals surface area contributed by atoms with Crippen LogP contribution in [0.5, 0.6) is 0 Å². The maximum Gasteiger partial charge on any atom is 0.306 e. The van der Waals surface area contributed by atoms with Gasteiger partial charge in [0.15, 0.2) is 18.7 Å². The van der Waals surface area contributed by atoms with Crippen molar-refractivity contribution in [1.82, 2.24) is 0 Å². The zero-order valence-electron chi connectivity index (χ0n) is 42.5. The van der Waals surface area contributed by atoms with Gasteiger partial charge in [-0.05, 0) is 70.6 Å². The molecule has 2 saturated heterocycles. The Labute approximate surface area is 415 Å². The molecule has 0 saturated carbocycles. The Balaban J connectivity index is 1.79. The standard InChI is InChI=1S/C54H96O15/c1-3-5-7-9-11-13-15-17-19-20-21-22-23-25-27-29-31-33-35-37-46(57)67-42(39-64-45(56)36-34-32-30-28-26-24-18-16-14-12-10-8-6-4-2)40-65-53-52(63)50(61)48(59)44(69-53)41-66-54-51(62)49(60)47(58)43(38-55)68-54/h11,13,16-19,42-44,47-55,58-63H,3-10,12,14-15,20-41H2,1-2H3/b13-11+,18-16+,19-17+/t42-,43+,44+,47-,48-,49?,50?,51?,52?,53+,54+/m1/s1. The molecule has 69 heavy (non-hydrogen) atoms. The van der Waals surface area contributed by atoms with Crippen molar-refractivity contribution in [3.8, 4) is 0 Å². The van der Waals surface area contributed by atoms with Crippen LogP contribution in [0, 0.1) is 0 Å². The number of rotatable bonds is 42. The number of allylic oxidation sites excluding steroid dienone is 6. The molecule has 7 N–H and O–H groups in total. The second kappa shape index (κ2) is 41.2. The van der Waals surface area contributed by atoms with Crippen molar-refractivity contribution < 1.29 is 73.8 Å². The average molecular weight is 985 g/mol. The topological polar surface area (TPSA) is 231 Å². The fourth-order valence-corrected chi connectivity index (χ4v) is 8.36. The van der Waals surface area contributed by atoms with Gasteiger partial charge in [0.05, 0.1) is 19.8 Å². The van der Waals surface area contributed by atoms with E-state index in [9.17, 15) is 45.3 Å². The van der Waals surface area contributed by atoms with Gasteiger partial charge in [0.1, 0.15) is 55.4 Å². The van der Waals surface area contributed by atoms with Crippen LogP contribution < -0.4 is 0 Å². The largest absolute Gasteiger partial charge is 0.462 e. The average Bonchev–Trinajstić information content (AvgIpc) is 3.34. The van der Waals surface area contributed by atoms with Gasteiger partial charge in [-0.1, -0.05) is 153 Å². The molecular formula is C54H96O15. The summed E-state index contributed by atoms with van der Waals surface area (Å²) >= 11 is 0. The molecular weight excluding hydrogens is 889 g/mol. The third-order valence-electron chi connectivity index (χ3n) is 12.8. The van der Waals surface area contributed by atoms with Gasteiger partial charge in [0.2, 0.25) is 0 Å². The molecule has 0 aromatic rings. The molecule has 2 heterocycles. The first-order valence-electron chi connectivity index (χ1n) is 27.1. The van der Waals surface area contributed by atoms with E-state index in [4.69, 9.17) is 28.4 Å². The lowest BCUT2D eigenvalue weighted by atomic mass is 9.98. The monoisotopic (exact) mass is 985 g/mol. The van der Waals surface area contributed by atoms with Crippen molar-refractivity contribution in [2.75, 3.05) is 26.4 Å². The van der Waals surface area contributed by atoms with Crippen molar-refractivity contribution in [1.29, 1.82) is 0 Å². The third kappa shape index (κ3) is 29.1. The lowest BCUT2D eigenvalue weighted by molar-refractivity contribution is -0.332. The highest BCUT2D eigenvalue weighted by molar-refractivity contribution is 5.70. The first-order valence-corrected chi connectivity index (χ1v) is 27.1. The summed E-state index contributed by atoms with van der Waals surface area (Å²) in [6.45, 7) is 2.55. The van der Waals surface area contributed by atoms with E-state index < -0.39 is 92.7 Å². The second-order valence-corrected chi connectivity index (χ2v) is 19.0. The lowest BCUT2D eigenvalue weighted by Gasteiger charge is -2.42. The summed E-state index contributed by atoms with van der Waals surface area (Å²) in [5, 5.41) is 72.1. The van der Waals surface area contributed by atoms with Gasteiger partial charge in [0.25, 0.3) is 0 Å². The van der Waals surface area contributed by atoms with Gasteiger partial charge in [-0.25, -0.2) is 0 Å². The van der Waals surface area contributed by atoms with E-state index in [0.29, 0.717) is 12.8 Å². The quantitative estimate of drug-likeness (QED) is 0.0174. The zero-order chi connectivity index (χ0) is 50.3. The number of ether oxygens (including phenoxy) is 6. The smallest absolute Gasteiger partial charge is 0.306 e. The van der Waals surface area contributed by atoms with E-state index >= 15 is 0 Å². The summed E-state index contributed by atoms with van der Waals surface area (Å²) < 4.78 is 33.6. The van der Waals surface area contributed by atoms with Crippen molar-refractivity contribution in [2.24, 2.45) is 0 Å². The van der Waals surface area contributed by atoms with Crippen LogP contribution in [0.4, 0.5) is 0 Å². The zero-order valence-corrected chi connectivity index (χ0v) is 42.5. The molecule has 2 rings (SSSR count). The molecule has 2 fully saturated rings. The van der Waals surface area contributed by atoms with Crippen LogP contribution in [0.2, 0.25) is 0 Å². The molecule has 402 valence electrons. The maximum absolute atomic E-state index is 13.0. The van der Waals surface area contributed by atoms with E-state index in [0.717, 1.165) is 77.0 Å². The lowest BCUT2D eigenvalue weighted by Crippen LogP contribution is -2.61. The maximum atomic E-state index is 13.0. The number of carbonyl (C=O) groups is 2. The molecule has 4 unspecified atom stereocenters. The Morgan fingerprint density at radius 2 is 0.870 bits per heavy atom. The molecule has 2 aliphatic heterocycles. The summed E-state index contributed by atoms with van der Waals surface area (Å²) in [7, 11) is 0. The highest BCUT2D eigenvalue weighted by atomic mass is 16.7. The number of hydrogen-bond acceptors (Lipinski definition) is 15. The Morgan fingerprint density at radius 1 is 0.464 bits per heavy atom. The first-order chi connectivity index (χ1) is 33.5. The molecule has 0 radical (unpaired) electrons. The number of aliphatic hydroxyl groups is 7. The molecule has 15 heteroatoms. The molecule has 0 amide bonds. The van der Waals surface area contributed by atoms with E-state index in [1.165, 1.54) is 83.5 Å². The minimum absolute atomic E-state index is 0.159. The minimum Gasteiger partial charge on any atom is -0.462 e. The van der Waals surface area contributed by atoms with E-state index in [-0.39, 0.29) is 26.1 Å². The highest BCUT2D eigenvalue weighted by Crippen LogP contribution is 2.26. The molecule has 0 bridgehead atoms. The fraction of sp³-hybridized carbons (Fsp3) is 0.852. The molecule has 15 nitrogen and oxygen atoms in total. The van der Waals surface area contributed by atoms with Crippen molar-refractivity contribution >= 4 is 11.9 Å². The predicted molar refractivity (Wildman–Crippen MR) is 266 cm³/mol. The van der Waals surface area contributed by atoms with Crippen molar-refractivity contribution in [2.45, 2.75) is 268 Å². The summed E-state index contributed by atoms with van der Waals surface area (Å²) in [6.07, 6.45) is 27.3. The van der Waals surface area contributed by atoms with E-state index in [1.807, 2.05) is 0 Å². The number of carbonyl (C=O) groups excluding carboxylic acids is 2. The second-order valence-electron chi connectivity index (χ2n) is 19.0. The fourth-order valence-electron chi connectivity index (χ4n) is 8.36. The number of esters is 2. The van der Waals surface area contributed by atoms with Gasteiger partial charge < -0.3 is 64.2 Å². The molecule has 0 aliphatic carbocycles. The number of unbranched alkanes of at least 4 members (excludes halogenated alkanes) is 22. The highest BCUT2D eigenvalue weighted by Gasteiger charge is 2.47. The van der Waals surface area contributed by atoms with Gasteiger partial charge in [-0.2, -0.15) is 0 Å². The van der Waals surface area contributed by atoms with Gasteiger partial charge in [-0.15, -0.1) is 0 Å². The van der Waals surface area contributed by atoms with Crippen LogP contribution in [0.1, 0.15) is 200 Å². The van der Waals surface area contributed by atoms with Crippen molar-refractivity contribution in [3.63, 3.8) is 0 Å². The van der Waals surface area contributed by atoms with E-state index in [1.54, 1.807) is 0 Å². The predicted octanol–water partition coefficient (Wildman–Crippen LogP) is 8.10. The summed E-state index contributed by atoms with van der Waals surface area (Å²) in [4.78, 5) is 25.8. The molecule has 2 aliphatic rings. The Morgan fingerprint density at radius 3 is 1.39 bits per heavy atom. The SMILES string of the molecule is CCCCC/C=C/C/C=C/CCCCCCCCCCCC(=O)O[C@H](COC(=O)CCCCCCC/C=C/CCCCCCC)CO[C@H]1O[C@@H](CO[C@H]2O[C@@H](CO)[C@@H](O)C(O)C2O)[C@@H](O)C(O)C1O. The molecule has 0 spiro atoms. The number of aliphatic hydroxyl groups excluding tert-OH is 7. The normalized spacial score (nSPS) is 25.8. The van der Waals surface area contributed by atoms with Gasteiger partial charge in [0, 0.05) is 12.8 Å². The molecule has 0 aromatic carbocycles. The summed E-state index contributed by atoms with van der Waals surface area (Å²) in [5.41, 5.74) is 0. The number of hydrogen-bond donors (Lipinski definition) is 7. The Bertz CT molecular complexity index is 1340. The minimum atomic E-state index is -1.77. The van der Waals surface area contributed by atoms with Crippen LogP contribution in [-0.4, -0.2) is 142 Å². The van der Waals surface area contributed by atoms with Crippen LogP contribution in [0.15, 0.2) is 36.5 Å². The summed E-state index contributed by atoms with van der Waals surface area (Å²) in [6, 6.07) is 0. The van der Waals surface area contributed by atoms with Crippen LogP contribution in [0.25, 0.3) is 0 Å². The molecule has 0 aromatic heterocycles. The van der Waals surface area contributed by atoms with Gasteiger partial charge >= 0.3 is 11.9 Å². The first kappa shape index (κ1) is 62.8. The van der Waals surface area contributed by atoms with Crippen LogP contribution >= 0.6 is 0 Å². The summed E-state index contributed by atoms with van der Waals surface area (Å²) in [5.74, 6) is -0.936. The molecule has 11 atom stereocenters. The third-order valence-corrected chi connectivity index (χ3v) is 12.8. The van der Waals surface area contributed by atoms with E-state index in [2.05, 4.69) is 50.3 Å². The van der Waals surface area contributed by atoms with Gasteiger partial charge in [-0.3, -0.25) is 9.59 Å². The van der Waals surface area contributed by atoms with Crippen LogP contribution in [-0.2, 0) is 38.0 Å². The Hall–Kier alpha value is -2.28. The van der Waals surface area contributed by atoms with Crippen molar-refractivity contribution in [3.05, 3.63) is 36.5 Å². The van der Waals surface area contributed by atoms with Crippen LogP contribution in [0.3, 0.4) is 0 Å². The Kier molecular flexibility index (Phi) is 37.5.